The molecular weight excluding hydrogens is 655 g/mol. The number of aromatic nitrogens is 2. The molecule has 1 aromatic heterocycles. The van der Waals surface area contributed by atoms with Crippen molar-refractivity contribution in [1.82, 2.24) is 19.8 Å². The maximum Gasteiger partial charge on any atom is 0.410 e. The second-order valence-corrected chi connectivity index (χ2v) is 15.0. The zero-order valence-corrected chi connectivity index (χ0v) is 27.5. The van der Waals surface area contributed by atoms with Gasteiger partial charge in [0.1, 0.15) is 16.9 Å². The molecule has 1 aliphatic carbocycles. The lowest BCUT2D eigenvalue weighted by Gasteiger charge is -2.42. The number of piperidine rings is 1. The molecule has 4 aliphatic heterocycles. The summed E-state index contributed by atoms with van der Waals surface area (Å²) in [6.07, 6.45) is 2.57. The van der Waals surface area contributed by atoms with E-state index >= 15 is 4.39 Å². The second kappa shape index (κ2) is 11.6. The predicted molar refractivity (Wildman–Crippen MR) is 165 cm³/mol. The fourth-order valence-corrected chi connectivity index (χ4v) is 7.85. The van der Waals surface area contributed by atoms with Gasteiger partial charge in [0.15, 0.2) is 5.82 Å². The number of hydrogen-bond donors (Lipinski definition) is 0. The highest BCUT2D eigenvalue weighted by Crippen LogP contribution is 2.48. The lowest BCUT2D eigenvalue weighted by atomic mass is 10.0. The molecule has 2 atom stereocenters. The van der Waals surface area contributed by atoms with E-state index in [-0.39, 0.29) is 40.7 Å². The highest BCUT2D eigenvalue weighted by atomic mass is 79.9. The van der Waals surface area contributed by atoms with Gasteiger partial charge in [-0.1, -0.05) is 0 Å². The van der Waals surface area contributed by atoms with Gasteiger partial charge < -0.3 is 28.9 Å². The minimum atomic E-state index is -1.54. The lowest BCUT2D eigenvalue weighted by Crippen LogP contribution is -2.56. The molecule has 13 heteroatoms. The molecule has 244 valence electrons. The SMILES string of the molecule is CC(C)(C)OC(=O)N1CC2CCC(C1)N2c1nc(OCC2(CN3CCC(=C(F)F)CC3)CC2)nc2c(F)c(Br)c3c(c12)COC3. The minimum absolute atomic E-state index is 0.0196. The molecule has 2 unspecified atom stereocenters. The van der Waals surface area contributed by atoms with Crippen LogP contribution in [0.5, 0.6) is 6.01 Å². The van der Waals surface area contributed by atoms with Crippen LogP contribution in [-0.2, 0) is 22.7 Å². The van der Waals surface area contributed by atoms with Gasteiger partial charge in [-0.05, 0) is 86.4 Å². The Hall–Kier alpha value is -2.64. The van der Waals surface area contributed by atoms with Crippen molar-refractivity contribution in [2.45, 2.75) is 90.2 Å². The van der Waals surface area contributed by atoms with E-state index in [1.165, 1.54) is 0 Å². The Morgan fingerprint density at radius 1 is 1.07 bits per heavy atom. The van der Waals surface area contributed by atoms with Crippen molar-refractivity contribution in [2.75, 3.05) is 44.2 Å². The van der Waals surface area contributed by atoms with E-state index in [0.717, 1.165) is 43.4 Å². The zero-order chi connectivity index (χ0) is 31.7. The van der Waals surface area contributed by atoms with Crippen LogP contribution in [0.15, 0.2) is 16.1 Å². The normalized spacial score (nSPS) is 24.3. The molecule has 1 aromatic carbocycles. The van der Waals surface area contributed by atoms with E-state index in [4.69, 9.17) is 19.2 Å². The number of ether oxygens (including phenoxy) is 3. The molecule has 45 heavy (non-hydrogen) atoms. The van der Waals surface area contributed by atoms with Gasteiger partial charge in [-0.15, -0.1) is 0 Å². The van der Waals surface area contributed by atoms with Crippen LogP contribution < -0.4 is 9.64 Å². The van der Waals surface area contributed by atoms with Crippen molar-refractivity contribution < 1.29 is 32.2 Å². The number of likely N-dealkylation sites (tertiary alicyclic amines) is 2. The Kier molecular flexibility index (Phi) is 7.96. The van der Waals surface area contributed by atoms with E-state index in [0.29, 0.717) is 74.5 Å². The number of carbonyl (C=O) groups excluding carboxylic acids is 1. The number of carbonyl (C=O) groups is 1. The topological polar surface area (TPSA) is 80.3 Å². The fourth-order valence-electron chi connectivity index (χ4n) is 7.31. The molecule has 2 aromatic rings. The molecule has 0 spiro atoms. The average molecular weight is 695 g/mol. The van der Waals surface area contributed by atoms with Gasteiger partial charge in [-0.3, -0.25) is 0 Å². The van der Waals surface area contributed by atoms with Gasteiger partial charge >= 0.3 is 12.1 Å². The van der Waals surface area contributed by atoms with Gasteiger partial charge in [0.25, 0.3) is 6.08 Å². The zero-order valence-electron chi connectivity index (χ0n) is 25.9. The van der Waals surface area contributed by atoms with E-state index < -0.39 is 17.5 Å². The molecule has 1 saturated carbocycles. The van der Waals surface area contributed by atoms with Crippen LogP contribution in [0.25, 0.3) is 10.9 Å². The smallest absolute Gasteiger partial charge is 0.410 e. The van der Waals surface area contributed by atoms with Crippen LogP contribution in [0.3, 0.4) is 0 Å². The summed E-state index contributed by atoms with van der Waals surface area (Å²) >= 11 is 3.45. The summed E-state index contributed by atoms with van der Waals surface area (Å²) in [7, 11) is 0. The first-order valence-electron chi connectivity index (χ1n) is 15.8. The Morgan fingerprint density at radius 3 is 2.36 bits per heavy atom. The number of piperazine rings is 1. The first kappa shape index (κ1) is 31.0. The Morgan fingerprint density at radius 2 is 1.73 bits per heavy atom. The van der Waals surface area contributed by atoms with Crippen LogP contribution in [0, 0.1) is 11.2 Å². The predicted octanol–water partition coefficient (Wildman–Crippen LogP) is 6.56. The second-order valence-electron chi connectivity index (χ2n) is 14.2. The molecule has 5 heterocycles. The summed E-state index contributed by atoms with van der Waals surface area (Å²) in [6.45, 7) is 9.51. The quantitative estimate of drug-likeness (QED) is 0.337. The van der Waals surface area contributed by atoms with Crippen LogP contribution >= 0.6 is 15.9 Å². The molecule has 5 aliphatic rings. The first-order chi connectivity index (χ1) is 21.4. The molecular formula is C32H39BrF3N5O4. The molecule has 0 radical (unpaired) electrons. The molecule has 9 nitrogen and oxygen atoms in total. The minimum Gasteiger partial charge on any atom is -0.463 e. The highest BCUT2D eigenvalue weighted by molar-refractivity contribution is 9.10. The van der Waals surface area contributed by atoms with E-state index in [2.05, 4.69) is 30.7 Å². The van der Waals surface area contributed by atoms with Crippen molar-refractivity contribution in [3.8, 4) is 6.01 Å². The summed E-state index contributed by atoms with van der Waals surface area (Å²) in [5, 5.41) is 0.636. The molecule has 2 bridgehead atoms. The van der Waals surface area contributed by atoms with Gasteiger partial charge in [-0.2, -0.15) is 18.7 Å². The third-order valence-electron chi connectivity index (χ3n) is 9.82. The molecule has 0 N–H and O–H groups in total. The standard InChI is InChI=1S/C32H39BrF3N5O4/c1-31(2,3)45-30(42)40-12-19-4-5-20(13-40)41(19)28-23-21-14-43-15-22(21)24(33)25(34)26(23)37-29(38-28)44-17-32(8-9-32)16-39-10-6-18(7-11-39)27(35)36/h19-20H,4-17H2,1-3H3. The Bertz CT molecular complexity index is 1530. The van der Waals surface area contributed by atoms with E-state index in [9.17, 15) is 13.6 Å². The van der Waals surface area contributed by atoms with Crippen LogP contribution in [0.2, 0.25) is 0 Å². The number of hydrogen-bond acceptors (Lipinski definition) is 8. The number of amides is 1. The third-order valence-corrected chi connectivity index (χ3v) is 10.6. The van der Waals surface area contributed by atoms with Gasteiger partial charge in [0.05, 0.1) is 29.7 Å². The summed E-state index contributed by atoms with van der Waals surface area (Å²) in [5.74, 6) is 0.147. The van der Waals surface area contributed by atoms with Crippen molar-refractivity contribution in [2.24, 2.45) is 5.41 Å². The maximum atomic E-state index is 16.0. The number of anilines is 1. The maximum absolute atomic E-state index is 16.0. The molecule has 1 amide bonds. The van der Waals surface area contributed by atoms with Crippen LogP contribution in [0.1, 0.15) is 70.4 Å². The lowest BCUT2D eigenvalue weighted by molar-refractivity contribution is 0.0209. The largest absolute Gasteiger partial charge is 0.463 e. The summed E-state index contributed by atoms with van der Waals surface area (Å²) in [5.41, 5.74) is 1.39. The first-order valence-corrected chi connectivity index (χ1v) is 16.6. The number of benzene rings is 1. The van der Waals surface area contributed by atoms with Gasteiger partial charge in [0, 0.05) is 55.8 Å². The van der Waals surface area contributed by atoms with Crippen molar-refractivity contribution in [3.05, 3.63) is 33.1 Å². The fraction of sp³-hybridized carbons (Fsp3) is 0.656. The Balaban J connectivity index is 1.17. The summed E-state index contributed by atoms with van der Waals surface area (Å²) < 4.78 is 60.2. The number of halogens is 4. The third kappa shape index (κ3) is 6.00. The number of fused-ring (bicyclic) bond motifs is 5. The van der Waals surface area contributed by atoms with Gasteiger partial charge in [-0.25, -0.2) is 9.18 Å². The molecule has 4 fully saturated rings. The number of nitrogens with zero attached hydrogens (tertiary/aromatic N) is 5. The van der Waals surface area contributed by atoms with Crippen molar-refractivity contribution in [1.29, 1.82) is 0 Å². The number of rotatable bonds is 6. The monoisotopic (exact) mass is 693 g/mol. The van der Waals surface area contributed by atoms with Crippen molar-refractivity contribution >= 4 is 38.7 Å². The molecule has 3 saturated heterocycles. The Labute approximate surface area is 269 Å². The average Bonchev–Trinajstić information content (AvgIpc) is 3.47. The van der Waals surface area contributed by atoms with Crippen LogP contribution in [-0.4, -0.2) is 82.9 Å². The molecule has 7 rings (SSSR count). The van der Waals surface area contributed by atoms with Crippen LogP contribution in [0.4, 0.5) is 23.8 Å². The van der Waals surface area contributed by atoms with Gasteiger partial charge in [0.2, 0.25) is 0 Å². The van der Waals surface area contributed by atoms with Crippen molar-refractivity contribution in [3.63, 3.8) is 0 Å². The summed E-state index contributed by atoms with van der Waals surface area (Å²) in [6, 6.07) is 0.0773. The highest BCUT2D eigenvalue weighted by Gasteiger charge is 2.47. The van der Waals surface area contributed by atoms with E-state index in [1.54, 1.807) is 4.90 Å². The van der Waals surface area contributed by atoms with E-state index in [1.807, 2.05) is 20.8 Å². The summed E-state index contributed by atoms with van der Waals surface area (Å²) in [4.78, 5) is 28.8.